The van der Waals surface area contributed by atoms with Crippen molar-refractivity contribution in [2.24, 2.45) is 0 Å². The van der Waals surface area contributed by atoms with Crippen LogP contribution < -0.4 is 5.32 Å². The number of thiophene rings is 1. The molecule has 2 amide bonds. The van der Waals surface area contributed by atoms with Crippen LogP contribution in [0.15, 0.2) is 53.9 Å². The average Bonchev–Trinajstić information content (AvgIpc) is 3.34. The molecule has 0 spiro atoms. The standard InChI is InChI=1S/C20H15ClN2O3S.C2H6/c21-15-7-5-12(6-8-15)18-17(19(24)25)16(11-27-18)22-20(26)23-9-13-3-1-2-4-14(13)10-23;1-2/h1-8,11H,9-10H2,(H,22,26)(H,24,25);1-2H3. The number of amides is 2. The van der Waals surface area contributed by atoms with Crippen molar-refractivity contribution >= 4 is 40.6 Å². The number of anilines is 1. The number of urea groups is 1. The van der Waals surface area contributed by atoms with Crippen molar-refractivity contribution in [1.82, 2.24) is 4.90 Å². The molecule has 0 fully saturated rings. The van der Waals surface area contributed by atoms with Gasteiger partial charge in [0.15, 0.2) is 0 Å². The lowest BCUT2D eigenvalue weighted by Crippen LogP contribution is -2.30. The molecule has 1 aromatic heterocycles. The maximum absolute atomic E-state index is 12.7. The minimum absolute atomic E-state index is 0.0902. The van der Waals surface area contributed by atoms with Crippen LogP contribution in [0.25, 0.3) is 10.4 Å². The van der Waals surface area contributed by atoms with Gasteiger partial charge in [-0.15, -0.1) is 11.3 Å². The number of hydrogen-bond donors (Lipinski definition) is 2. The van der Waals surface area contributed by atoms with E-state index in [0.717, 1.165) is 16.7 Å². The highest BCUT2D eigenvalue weighted by Gasteiger charge is 2.26. The van der Waals surface area contributed by atoms with Crippen LogP contribution in [0.5, 0.6) is 0 Å². The normalized spacial score (nSPS) is 12.0. The molecule has 0 atom stereocenters. The molecule has 150 valence electrons. The molecule has 1 aliphatic heterocycles. The highest BCUT2D eigenvalue weighted by atomic mass is 35.5. The Kier molecular flexibility index (Phi) is 6.56. The summed E-state index contributed by atoms with van der Waals surface area (Å²) in [7, 11) is 0. The zero-order valence-electron chi connectivity index (χ0n) is 16.1. The molecule has 5 nitrogen and oxygen atoms in total. The molecule has 29 heavy (non-hydrogen) atoms. The fourth-order valence-electron chi connectivity index (χ4n) is 3.15. The molecular weight excluding hydrogens is 408 g/mol. The molecule has 2 aromatic carbocycles. The van der Waals surface area contributed by atoms with Crippen LogP contribution in [-0.2, 0) is 13.1 Å². The minimum atomic E-state index is -1.08. The van der Waals surface area contributed by atoms with E-state index in [2.05, 4.69) is 5.32 Å². The third-order valence-corrected chi connectivity index (χ3v) is 5.76. The van der Waals surface area contributed by atoms with Crippen LogP contribution in [-0.4, -0.2) is 22.0 Å². The molecule has 0 unspecified atom stereocenters. The number of nitrogens with zero attached hydrogens (tertiary/aromatic N) is 1. The number of fused-ring (bicyclic) bond motifs is 1. The number of carboxylic acids is 1. The van der Waals surface area contributed by atoms with Gasteiger partial charge >= 0.3 is 12.0 Å². The summed E-state index contributed by atoms with van der Waals surface area (Å²) in [5.41, 5.74) is 3.36. The molecule has 1 aliphatic rings. The Hall–Kier alpha value is -2.83. The summed E-state index contributed by atoms with van der Waals surface area (Å²) in [6.45, 7) is 5.02. The van der Waals surface area contributed by atoms with E-state index in [0.29, 0.717) is 28.7 Å². The highest BCUT2D eigenvalue weighted by Crippen LogP contribution is 2.37. The minimum Gasteiger partial charge on any atom is -0.478 e. The summed E-state index contributed by atoms with van der Waals surface area (Å²) >= 11 is 7.19. The van der Waals surface area contributed by atoms with Gasteiger partial charge in [0.1, 0.15) is 5.56 Å². The number of hydrogen-bond acceptors (Lipinski definition) is 3. The zero-order valence-corrected chi connectivity index (χ0v) is 17.7. The Balaban J connectivity index is 0.00000117. The van der Waals surface area contributed by atoms with E-state index < -0.39 is 5.97 Å². The predicted octanol–water partition coefficient (Wildman–Crippen LogP) is 6.34. The van der Waals surface area contributed by atoms with Gasteiger partial charge in [-0.05, 0) is 28.8 Å². The van der Waals surface area contributed by atoms with Gasteiger partial charge in [-0.25, -0.2) is 9.59 Å². The lowest BCUT2D eigenvalue weighted by atomic mass is 10.1. The number of halogens is 1. The van der Waals surface area contributed by atoms with E-state index in [-0.39, 0.29) is 11.6 Å². The van der Waals surface area contributed by atoms with Gasteiger partial charge in [-0.3, -0.25) is 0 Å². The van der Waals surface area contributed by atoms with Crippen molar-refractivity contribution in [2.45, 2.75) is 26.9 Å². The third kappa shape index (κ3) is 4.44. The summed E-state index contributed by atoms with van der Waals surface area (Å²) in [5, 5.41) is 14.7. The molecule has 2 N–H and O–H groups in total. The van der Waals surface area contributed by atoms with Gasteiger partial charge in [0.05, 0.1) is 10.6 Å². The number of carbonyl (C=O) groups excluding carboxylic acids is 1. The summed E-state index contributed by atoms with van der Waals surface area (Å²) in [6.07, 6.45) is 0. The second kappa shape index (κ2) is 9.11. The van der Waals surface area contributed by atoms with Gasteiger partial charge in [-0.1, -0.05) is 61.8 Å². The first kappa shape index (κ1) is 20.9. The maximum Gasteiger partial charge on any atom is 0.339 e. The quantitative estimate of drug-likeness (QED) is 0.511. The van der Waals surface area contributed by atoms with Crippen molar-refractivity contribution in [3.63, 3.8) is 0 Å². The van der Waals surface area contributed by atoms with Gasteiger partial charge in [0.25, 0.3) is 0 Å². The van der Waals surface area contributed by atoms with Gasteiger partial charge in [-0.2, -0.15) is 0 Å². The van der Waals surface area contributed by atoms with E-state index >= 15 is 0 Å². The molecule has 7 heteroatoms. The number of carbonyl (C=O) groups is 2. The van der Waals surface area contributed by atoms with Crippen LogP contribution in [0.1, 0.15) is 35.3 Å². The van der Waals surface area contributed by atoms with Crippen molar-refractivity contribution in [3.8, 4) is 10.4 Å². The Labute approximate surface area is 178 Å². The monoisotopic (exact) mass is 428 g/mol. The fourth-order valence-corrected chi connectivity index (χ4v) is 4.27. The molecule has 0 aliphatic carbocycles. The lowest BCUT2D eigenvalue weighted by molar-refractivity contribution is 0.0699. The number of nitrogens with one attached hydrogen (secondary N) is 1. The highest BCUT2D eigenvalue weighted by molar-refractivity contribution is 7.14. The first-order valence-corrected chi connectivity index (χ1v) is 10.5. The lowest BCUT2D eigenvalue weighted by Gasteiger charge is -2.16. The second-order valence-electron chi connectivity index (χ2n) is 6.22. The first-order chi connectivity index (χ1) is 14.0. The molecule has 0 saturated heterocycles. The molecule has 3 aromatic rings. The van der Waals surface area contributed by atoms with Crippen LogP contribution in [0.3, 0.4) is 0 Å². The van der Waals surface area contributed by atoms with E-state index in [4.69, 9.17) is 11.6 Å². The van der Waals surface area contributed by atoms with Gasteiger partial charge in [0, 0.05) is 23.5 Å². The average molecular weight is 429 g/mol. The Bertz CT molecular complexity index is 1010. The number of benzene rings is 2. The maximum atomic E-state index is 12.7. The summed E-state index contributed by atoms with van der Waals surface area (Å²) in [5.74, 6) is -1.08. The van der Waals surface area contributed by atoms with Crippen molar-refractivity contribution < 1.29 is 14.7 Å². The van der Waals surface area contributed by atoms with Crippen molar-refractivity contribution in [1.29, 1.82) is 0 Å². The largest absolute Gasteiger partial charge is 0.478 e. The Morgan fingerprint density at radius 3 is 2.17 bits per heavy atom. The van der Waals surface area contributed by atoms with E-state index in [1.165, 1.54) is 11.3 Å². The number of rotatable bonds is 3. The number of aromatic carboxylic acids is 1. The smallest absolute Gasteiger partial charge is 0.339 e. The fraction of sp³-hybridized carbons (Fsp3) is 0.182. The zero-order chi connectivity index (χ0) is 21.0. The molecule has 0 saturated carbocycles. The van der Waals surface area contributed by atoms with E-state index in [1.807, 2.05) is 38.1 Å². The Morgan fingerprint density at radius 2 is 1.62 bits per heavy atom. The molecular formula is C22H21ClN2O3S. The SMILES string of the molecule is CC.O=C(O)c1c(NC(=O)N2Cc3ccccc3C2)csc1-c1ccc(Cl)cc1. The van der Waals surface area contributed by atoms with Gasteiger partial charge in [0.2, 0.25) is 0 Å². The summed E-state index contributed by atoms with van der Waals surface area (Å²) in [6, 6.07) is 14.5. The van der Waals surface area contributed by atoms with Crippen LogP contribution in [0, 0.1) is 0 Å². The second-order valence-corrected chi connectivity index (χ2v) is 7.54. The molecule has 0 bridgehead atoms. The Morgan fingerprint density at radius 1 is 1.03 bits per heavy atom. The third-order valence-electron chi connectivity index (χ3n) is 4.48. The van der Waals surface area contributed by atoms with Crippen molar-refractivity contribution in [3.05, 3.63) is 75.6 Å². The molecule has 2 heterocycles. The summed E-state index contributed by atoms with van der Waals surface area (Å²) in [4.78, 5) is 26.7. The number of carboxylic acid groups (broad SMARTS) is 1. The van der Waals surface area contributed by atoms with Crippen molar-refractivity contribution in [2.75, 3.05) is 5.32 Å². The van der Waals surface area contributed by atoms with Crippen LogP contribution in [0.4, 0.5) is 10.5 Å². The van der Waals surface area contributed by atoms with E-state index in [9.17, 15) is 14.7 Å². The first-order valence-electron chi connectivity index (χ1n) is 9.26. The topological polar surface area (TPSA) is 69.6 Å². The molecule has 4 rings (SSSR count). The van der Waals surface area contributed by atoms with Crippen LogP contribution in [0.2, 0.25) is 5.02 Å². The molecule has 0 radical (unpaired) electrons. The van der Waals surface area contributed by atoms with E-state index in [1.54, 1.807) is 34.5 Å². The summed E-state index contributed by atoms with van der Waals surface area (Å²) < 4.78 is 0. The van der Waals surface area contributed by atoms with Crippen LogP contribution >= 0.6 is 22.9 Å². The van der Waals surface area contributed by atoms with Gasteiger partial charge < -0.3 is 15.3 Å². The predicted molar refractivity (Wildman–Crippen MR) is 118 cm³/mol.